The summed E-state index contributed by atoms with van der Waals surface area (Å²) in [5.41, 5.74) is 13.6. The van der Waals surface area contributed by atoms with Crippen molar-refractivity contribution in [3.63, 3.8) is 0 Å². The van der Waals surface area contributed by atoms with Crippen LogP contribution in [0.4, 0.5) is 0 Å². The van der Waals surface area contributed by atoms with E-state index in [4.69, 9.17) is 4.74 Å². The van der Waals surface area contributed by atoms with Gasteiger partial charge in [-0.1, -0.05) is 118 Å². The number of thiazole rings is 2. The van der Waals surface area contributed by atoms with Crippen molar-refractivity contribution >= 4 is 58.1 Å². The predicted molar refractivity (Wildman–Crippen MR) is 336 cm³/mol. The Hall–Kier alpha value is -7.28. The minimum atomic E-state index is -0.972. The number of carbonyl (C=O) groups excluding carboxylic acids is 6. The average molecular weight is 1200 g/mol. The van der Waals surface area contributed by atoms with Gasteiger partial charge in [-0.2, -0.15) is 0 Å². The highest BCUT2D eigenvalue weighted by atomic mass is 32.1. The number of amides is 6. The van der Waals surface area contributed by atoms with Crippen LogP contribution in [0.1, 0.15) is 173 Å². The minimum Gasteiger partial charge on any atom is -0.488 e. The van der Waals surface area contributed by atoms with Gasteiger partial charge in [-0.15, -0.1) is 22.7 Å². The molecule has 8 atom stereocenters. The molecule has 454 valence electrons. The topological polar surface area (TPSA) is 195 Å². The van der Waals surface area contributed by atoms with Crippen LogP contribution in [-0.4, -0.2) is 120 Å². The SMILES string of the molecule is Cc1ncsc1-c1ccc(C(C)NC(=O)C2CC(O)CN2C(=O)C(C(C)C)N2Cc3ccc(OC4CC(C(=O)NC(C)c5ccc(-c6scnc6C)cc5C(C)(C)C)N(C(=O)C(C(C)C)N5Cc6ccccc6C5=O)C4)cc3C2=O)c(C(C)(C)C)c1. The highest BCUT2D eigenvalue weighted by Gasteiger charge is 2.49. The Bertz CT molecular complexity index is 3610. The summed E-state index contributed by atoms with van der Waals surface area (Å²) in [5, 5.41) is 17.6. The van der Waals surface area contributed by atoms with E-state index in [2.05, 4.69) is 92.5 Å². The summed E-state index contributed by atoms with van der Waals surface area (Å²) in [6, 6.07) is 20.5. The smallest absolute Gasteiger partial charge is 0.255 e. The van der Waals surface area contributed by atoms with Crippen molar-refractivity contribution in [3.8, 4) is 26.6 Å². The molecule has 0 saturated carbocycles. The second kappa shape index (κ2) is 24.1. The monoisotopic (exact) mass is 1200 g/mol. The first-order chi connectivity index (χ1) is 40.6. The molecule has 0 radical (unpaired) electrons. The zero-order valence-corrected chi connectivity index (χ0v) is 53.6. The maximum absolute atomic E-state index is 15.3. The van der Waals surface area contributed by atoms with E-state index in [0.717, 1.165) is 60.1 Å². The summed E-state index contributed by atoms with van der Waals surface area (Å²) in [4.78, 5) is 106. The van der Waals surface area contributed by atoms with Crippen LogP contribution in [0.15, 0.2) is 89.9 Å². The number of hydrogen-bond acceptors (Lipinski definition) is 12. The molecule has 3 N–H and O–H groups in total. The molecule has 4 aromatic carbocycles. The molecule has 0 aliphatic carbocycles. The molecule has 18 heteroatoms. The van der Waals surface area contributed by atoms with Crippen LogP contribution >= 0.6 is 22.7 Å². The molecule has 0 bridgehead atoms. The van der Waals surface area contributed by atoms with Crippen LogP contribution in [0.2, 0.25) is 0 Å². The van der Waals surface area contributed by atoms with E-state index in [1.165, 1.54) is 4.90 Å². The Labute approximate surface area is 513 Å². The van der Waals surface area contributed by atoms with E-state index in [0.29, 0.717) is 22.4 Å². The number of likely N-dealkylation sites (tertiary alicyclic amines) is 2. The molecule has 6 aromatic rings. The minimum absolute atomic E-state index is 0.0349. The van der Waals surface area contributed by atoms with Crippen LogP contribution < -0.4 is 15.4 Å². The van der Waals surface area contributed by atoms with Crippen LogP contribution in [0.3, 0.4) is 0 Å². The van der Waals surface area contributed by atoms with E-state index < -0.39 is 54.4 Å². The highest BCUT2D eigenvalue weighted by Crippen LogP contribution is 2.40. The van der Waals surface area contributed by atoms with Gasteiger partial charge in [0.2, 0.25) is 23.6 Å². The number of nitrogens with zero attached hydrogens (tertiary/aromatic N) is 6. The number of carbonyl (C=O) groups is 6. The third kappa shape index (κ3) is 12.1. The maximum atomic E-state index is 15.3. The quantitative estimate of drug-likeness (QED) is 0.0839. The molecule has 2 fully saturated rings. The first-order valence-electron chi connectivity index (χ1n) is 30.1. The van der Waals surface area contributed by atoms with E-state index in [-0.39, 0.29) is 91.2 Å². The first-order valence-corrected chi connectivity index (χ1v) is 31.9. The number of aryl methyl sites for hydroxylation is 2. The molecular formula is C68H82N8O8S2. The molecule has 4 aliphatic heterocycles. The van der Waals surface area contributed by atoms with Crippen molar-refractivity contribution < 1.29 is 38.6 Å². The number of aliphatic hydroxyl groups is 1. The molecular weight excluding hydrogens is 1120 g/mol. The average Bonchev–Trinajstić information content (AvgIpc) is 2.12. The lowest BCUT2D eigenvalue weighted by Gasteiger charge is -2.35. The Kier molecular flexibility index (Phi) is 17.3. The second-order valence-corrected chi connectivity index (χ2v) is 28.4. The maximum Gasteiger partial charge on any atom is 0.255 e. The van der Waals surface area contributed by atoms with Gasteiger partial charge < -0.3 is 40.1 Å². The molecule has 6 heterocycles. The summed E-state index contributed by atoms with van der Waals surface area (Å²) in [5.74, 6) is -2.45. The Balaban J connectivity index is 0.870. The van der Waals surface area contributed by atoms with Crippen molar-refractivity contribution in [2.45, 2.75) is 182 Å². The third-order valence-electron chi connectivity index (χ3n) is 17.6. The largest absolute Gasteiger partial charge is 0.488 e. The fraction of sp³-hybridized carbons (Fsp3) is 0.471. The number of aromatic nitrogens is 2. The number of β-amino-alcohol motifs (C(OH)–C–C–N with tert-alkyl or cyclic N) is 1. The van der Waals surface area contributed by atoms with Crippen LogP contribution in [0.5, 0.6) is 5.75 Å². The second-order valence-electron chi connectivity index (χ2n) is 26.7. The molecule has 6 amide bonds. The fourth-order valence-corrected chi connectivity index (χ4v) is 14.9. The predicted octanol–water partition coefficient (Wildman–Crippen LogP) is 10.9. The lowest BCUT2D eigenvalue weighted by molar-refractivity contribution is -0.143. The normalized spacial score (nSPS) is 20.2. The summed E-state index contributed by atoms with van der Waals surface area (Å²) < 4.78 is 6.72. The Morgan fingerprint density at radius 2 is 1.07 bits per heavy atom. The number of nitrogens with one attached hydrogen (secondary N) is 2. The van der Waals surface area contributed by atoms with Crippen molar-refractivity contribution in [3.05, 3.63) is 146 Å². The van der Waals surface area contributed by atoms with Gasteiger partial charge in [-0.3, -0.25) is 28.8 Å². The van der Waals surface area contributed by atoms with Crippen molar-refractivity contribution in [2.75, 3.05) is 13.1 Å². The molecule has 10 rings (SSSR count). The summed E-state index contributed by atoms with van der Waals surface area (Å²) >= 11 is 3.17. The molecule has 8 unspecified atom stereocenters. The van der Waals surface area contributed by atoms with E-state index in [1.807, 2.05) is 96.7 Å². The van der Waals surface area contributed by atoms with Gasteiger partial charge >= 0.3 is 0 Å². The number of rotatable bonds is 16. The lowest BCUT2D eigenvalue weighted by atomic mass is 9.81. The Morgan fingerprint density at radius 1 is 0.605 bits per heavy atom. The van der Waals surface area contributed by atoms with E-state index in [1.54, 1.807) is 55.6 Å². The number of aliphatic hydroxyl groups excluding tert-OH is 1. The van der Waals surface area contributed by atoms with Gasteiger partial charge in [-0.25, -0.2) is 9.97 Å². The van der Waals surface area contributed by atoms with Gasteiger partial charge in [0.05, 0.1) is 56.9 Å². The van der Waals surface area contributed by atoms with Crippen LogP contribution in [0.25, 0.3) is 20.9 Å². The zero-order valence-electron chi connectivity index (χ0n) is 52.0. The number of fused-ring (bicyclic) bond motifs is 2. The van der Waals surface area contributed by atoms with Crippen LogP contribution in [-0.2, 0) is 43.1 Å². The number of ether oxygens (including phenoxy) is 1. The van der Waals surface area contributed by atoms with Gasteiger partial charge in [0.25, 0.3) is 11.8 Å². The Morgan fingerprint density at radius 3 is 1.53 bits per heavy atom. The molecule has 2 aromatic heterocycles. The fourth-order valence-electron chi connectivity index (χ4n) is 13.3. The summed E-state index contributed by atoms with van der Waals surface area (Å²) in [6.45, 7) is 28.7. The number of benzene rings is 4. The molecule has 2 saturated heterocycles. The first kappa shape index (κ1) is 61.8. The lowest BCUT2D eigenvalue weighted by Crippen LogP contribution is -2.55. The van der Waals surface area contributed by atoms with E-state index in [9.17, 15) is 29.1 Å². The van der Waals surface area contributed by atoms with Crippen LogP contribution in [0, 0.1) is 25.7 Å². The van der Waals surface area contributed by atoms with Crippen molar-refractivity contribution in [1.29, 1.82) is 0 Å². The molecule has 86 heavy (non-hydrogen) atoms. The molecule has 0 spiro atoms. The molecule has 16 nitrogen and oxygen atoms in total. The van der Waals surface area contributed by atoms with Crippen molar-refractivity contribution in [2.24, 2.45) is 11.8 Å². The number of hydrogen-bond donors (Lipinski definition) is 3. The summed E-state index contributed by atoms with van der Waals surface area (Å²) in [6.07, 6.45) is -1.45. The standard InChI is InChI=1S/C68H82N8O8S2/c1-36(2)57(65(82)73-32-46(77)27-55(73)61(78)71-38(5)49-23-20-42(25-53(49)67(9,10)11)59-40(7)69-34-85-59)76-31-45-19-22-47(28-52(45)64(76)81)84-48-29-56(74(33-48)66(83)58(37(3)4)75-30-44-17-15-16-18-51(44)63(75)80)62(79)72-39(6)50-24-21-43(26-54(50)68(12,13)14)60-41(8)70-35-86-60/h15-26,28,34-39,46,48,55-58,77H,27,29-33H2,1-14H3,(H,71,78)(H,72,79). The third-order valence-corrected chi connectivity index (χ3v) is 19.6. The van der Waals surface area contributed by atoms with Gasteiger partial charge in [0.1, 0.15) is 36.0 Å². The highest BCUT2D eigenvalue weighted by molar-refractivity contribution is 7.13. The van der Waals surface area contributed by atoms with Gasteiger partial charge in [0, 0.05) is 43.6 Å². The van der Waals surface area contributed by atoms with E-state index >= 15 is 4.79 Å². The zero-order chi connectivity index (χ0) is 62.0. The van der Waals surface area contributed by atoms with Gasteiger partial charge in [-0.05, 0) is 125 Å². The van der Waals surface area contributed by atoms with Crippen molar-refractivity contribution in [1.82, 2.24) is 40.2 Å². The summed E-state index contributed by atoms with van der Waals surface area (Å²) in [7, 11) is 0. The molecule has 4 aliphatic rings. The van der Waals surface area contributed by atoms with Gasteiger partial charge in [0.15, 0.2) is 0 Å².